The molecule has 0 aliphatic carbocycles. The molecule has 0 bridgehead atoms. The summed E-state index contributed by atoms with van der Waals surface area (Å²) in [5.74, 6) is 0.885. The Morgan fingerprint density at radius 2 is 0.672 bits per heavy atom. The Morgan fingerprint density at radius 3 is 1.02 bits per heavy atom. The minimum Gasteiger partial charge on any atom is -0.465 e. The van der Waals surface area contributed by atoms with E-state index in [2.05, 4.69) is 32.6 Å². The van der Waals surface area contributed by atoms with Crippen molar-refractivity contribution in [1.29, 1.82) is 0 Å². The van der Waals surface area contributed by atoms with Crippen LogP contribution in [-0.2, 0) is 19.1 Å². The highest BCUT2D eigenvalue weighted by atomic mass is 16.5. The third-order valence-electron chi connectivity index (χ3n) is 12.5. The number of aliphatic hydroxyl groups is 1. The average molecular weight is 822 g/mol. The van der Waals surface area contributed by atoms with Crippen LogP contribution in [-0.4, -0.2) is 61.4 Å². The molecule has 0 amide bonds. The molecule has 2 atom stereocenters. The van der Waals surface area contributed by atoms with E-state index in [0.29, 0.717) is 44.4 Å². The van der Waals surface area contributed by atoms with Crippen molar-refractivity contribution >= 4 is 11.9 Å². The molecule has 0 rings (SSSR count). The zero-order valence-electron chi connectivity index (χ0n) is 39.8. The van der Waals surface area contributed by atoms with Crippen LogP contribution < -0.4 is 0 Å². The largest absolute Gasteiger partial charge is 0.465 e. The number of rotatable bonds is 48. The van der Waals surface area contributed by atoms with Gasteiger partial charge in [0.05, 0.1) is 19.8 Å². The van der Waals surface area contributed by atoms with Gasteiger partial charge in [0.2, 0.25) is 0 Å². The van der Waals surface area contributed by atoms with Gasteiger partial charge in [0.1, 0.15) is 0 Å². The maximum absolute atomic E-state index is 12.8. The Bertz CT molecular complexity index is 837. The van der Waals surface area contributed by atoms with Crippen LogP contribution in [0.2, 0.25) is 0 Å². The average Bonchev–Trinajstić information content (AvgIpc) is 3.22. The lowest BCUT2D eigenvalue weighted by atomic mass is 9.94. The van der Waals surface area contributed by atoms with E-state index in [4.69, 9.17) is 9.47 Å². The summed E-state index contributed by atoms with van der Waals surface area (Å²) in [7, 11) is 0. The molecule has 6 heteroatoms. The van der Waals surface area contributed by atoms with Crippen LogP contribution in [0.1, 0.15) is 272 Å². The molecule has 2 unspecified atom stereocenters. The summed E-state index contributed by atoms with van der Waals surface area (Å²) in [4.78, 5) is 27.7. The van der Waals surface area contributed by atoms with Crippen molar-refractivity contribution in [2.75, 3.05) is 39.5 Å². The number of hydrogen-bond donors (Lipinski definition) is 1. The van der Waals surface area contributed by atoms with E-state index in [-0.39, 0.29) is 18.5 Å². The Hall–Kier alpha value is -1.14. The molecule has 1 N–H and O–H groups in total. The molecule has 346 valence electrons. The van der Waals surface area contributed by atoms with Gasteiger partial charge in [-0.3, -0.25) is 9.59 Å². The third kappa shape index (κ3) is 41.6. The summed E-state index contributed by atoms with van der Waals surface area (Å²) in [5, 5.41) is 9.68. The summed E-state index contributed by atoms with van der Waals surface area (Å²) in [6.07, 6.45) is 46.3. The quantitative estimate of drug-likeness (QED) is 0.0487. The normalized spacial score (nSPS) is 12.7. The summed E-state index contributed by atoms with van der Waals surface area (Å²) >= 11 is 0. The van der Waals surface area contributed by atoms with Crippen LogP contribution in [0, 0.1) is 11.8 Å². The van der Waals surface area contributed by atoms with Crippen molar-refractivity contribution in [2.45, 2.75) is 272 Å². The van der Waals surface area contributed by atoms with Gasteiger partial charge >= 0.3 is 11.9 Å². The van der Waals surface area contributed by atoms with Crippen LogP contribution in [0.3, 0.4) is 0 Å². The second kappa shape index (κ2) is 46.9. The van der Waals surface area contributed by atoms with Crippen molar-refractivity contribution in [3.05, 3.63) is 0 Å². The van der Waals surface area contributed by atoms with Gasteiger partial charge in [-0.2, -0.15) is 0 Å². The van der Waals surface area contributed by atoms with Gasteiger partial charge < -0.3 is 19.5 Å². The standard InChI is InChI=1S/C52H103NO5/c1-5-9-13-17-21-23-27-32-39-49(37-30-25-19-15-11-7-3)47-57-51(55)41-34-29-35-43-53(45-46-54)44-36-42-52(56)58-48-50(38-31-26-20-16-12-8-4)40-33-28-24-22-18-14-10-6-2/h49-50,54H,5-48H2,1-4H3. The van der Waals surface area contributed by atoms with E-state index >= 15 is 0 Å². The lowest BCUT2D eigenvalue weighted by molar-refractivity contribution is -0.146. The van der Waals surface area contributed by atoms with Gasteiger partial charge in [-0.1, -0.05) is 214 Å². The van der Waals surface area contributed by atoms with E-state index in [0.717, 1.165) is 38.8 Å². The topological polar surface area (TPSA) is 76.1 Å². The highest BCUT2D eigenvalue weighted by Crippen LogP contribution is 2.22. The fourth-order valence-corrected chi connectivity index (χ4v) is 8.45. The molecular formula is C52H103NO5. The molecule has 0 saturated carbocycles. The van der Waals surface area contributed by atoms with Crippen LogP contribution in [0.25, 0.3) is 0 Å². The van der Waals surface area contributed by atoms with Gasteiger partial charge in [-0.15, -0.1) is 0 Å². The predicted molar refractivity (Wildman–Crippen MR) is 251 cm³/mol. The molecule has 0 aromatic heterocycles. The van der Waals surface area contributed by atoms with Crippen molar-refractivity contribution in [3.8, 4) is 0 Å². The second-order valence-electron chi connectivity index (χ2n) is 18.2. The molecule has 0 heterocycles. The number of ether oxygens (including phenoxy) is 2. The van der Waals surface area contributed by atoms with Crippen LogP contribution in [0.5, 0.6) is 0 Å². The molecule has 0 fully saturated rings. The zero-order chi connectivity index (χ0) is 42.4. The van der Waals surface area contributed by atoms with Crippen LogP contribution in [0.15, 0.2) is 0 Å². The summed E-state index contributed by atoms with van der Waals surface area (Å²) in [6, 6.07) is 0. The minimum atomic E-state index is -0.0710. The zero-order valence-corrected chi connectivity index (χ0v) is 39.8. The first-order valence-electron chi connectivity index (χ1n) is 26.1. The number of carbonyl (C=O) groups is 2. The molecule has 0 spiro atoms. The fraction of sp³-hybridized carbons (Fsp3) is 0.962. The lowest BCUT2D eigenvalue weighted by Gasteiger charge is -2.21. The highest BCUT2D eigenvalue weighted by molar-refractivity contribution is 5.69. The molecule has 0 radical (unpaired) electrons. The maximum atomic E-state index is 12.8. The van der Waals surface area contributed by atoms with Gasteiger partial charge in [0, 0.05) is 19.4 Å². The highest BCUT2D eigenvalue weighted by Gasteiger charge is 2.15. The monoisotopic (exact) mass is 822 g/mol. The molecule has 58 heavy (non-hydrogen) atoms. The van der Waals surface area contributed by atoms with Crippen LogP contribution in [0.4, 0.5) is 0 Å². The first-order valence-corrected chi connectivity index (χ1v) is 26.1. The Morgan fingerprint density at radius 1 is 0.379 bits per heavy atom. The lowest BCUT2D eigenvalue weighted by Crippen LogP contribution is -2.29. The number of carbonyl (C=O) groups excluding carboxylic acids is 2. The first-order chi connectivity index (χ1) is 28.5. The third-order valence-corrected chi connectivity index (χ3v) is 12.5. The first kappa shape index (κ1) is 56.9. The van der Waals surface area contributed by atoms with Gasteiger partial charge in [-0.25, -0.2) is 0 Å². The van der Waals surface area contributed by atoms with Gasteiger partial charge in [0.15, 0.2) is 0 Å². The predicted octanol–water partition coefficient (Wildman–Crippen LogP) is 15.5. The second-order valence-corrected chi connectivity index (χ2v) is 18.2. The number of unbranched alkanes of at least 4 members (excludes halogenated alkanes) is 26. The molecule has 6 nitrogen and oxygen atoms in total. The SMILES string of the molecule is CCCCCCCCCCC(CCCCCCCC)COC(=O)CCCCCN(CCO)CCCC(=O)OCC(CCCCCCCC)CCCCCCCCCC. The maximum Gasteiger partial charge on any atom is 0.305 e. The van der Waals surface area contributed by atoms with E-state index in [1.54, 1.807) is 0 Å². The Balaban J connectivity index is 4.44. The van der Waals surface area contributed by atoms with E-state index in [9.17, 15) is 14.7 Å². The summed E-state index contributed by atoms with van der Waals surface area (Å²) in [6.45, 7) is 12.7. The van der Waals surface area contributed by atoms with Crippen LogP contribution >= 0.6 is 0 Å². The van der Waals surface area contributed by atoms with Crippen molar-refractivity contribution < 1.29 is 24.2 Å². The summed E-state index contributed by atoms with van der Waals surface area (Å²) < 4.78 is 11.7. The van der Waals surface area contributed by atoms with Crippen molar-refractivity contribution in [1.82, 2.24) is 4.90 Å². The summed E-state index contributed by atoms with van der Waals surface area (Å²) in [5.41, 5.74) is 0. The van der Waals surface area contributed by atoms with Gasteiger partial charge in [0.25, 0.3) is 0 Å². The molecule has 0 saturated heterocycles. The molecular weight excluding hydrogens is 719 g/mol. The van der Waals surface area contributed by atoms with E-state index in [1.807, 2.05) is 0 Å². The molecule has 0 aromatic rings. The Kier molecular flexibility index (Phi) is 46.0. The number of esters is 2. The number of aliphatic hydroxyl groups excluding tert-OH is 1. The van der Waals surface area contributed by atoms with Crippen molar-refractivity contribution in [3.63, 3.8) is 0 Å². The number of nitrogens with zero attached hydrogens (tertiary/aromatic N) is 1. The molecule has 0 aliphatic rings. The number of hydrogen-bond acceptors (Lipinski definition) is 6. The molecule has 0 aromatic carbocycles. The smallest absolute Gasteiger partial charge is 0.305 e. The van der Waals surface area contributed by atoms with E-state index in [1.165, 1.54) is 205 Å². The van der Waals surface area contributed by atoms with Gasteiger partial charge in [-0.05, 0) is 69.9 Å². The molecule has 0 aliphatic heterocycles. The van der Waals surface area contributed by atoms with Crippen molar-refractivity contribution in [2.24, 2.45) is 11.8 Å². The fourth-order valence-electron chi connectivity index (χ4n) is 8.45. The Labute approximate surface area is 362 Å². The van der Waals surface area contributed by atoms with E-state index < -0.39 is 0 Å². The minimum absolute atomic E-state index is 0.0402.